The number of halogens is 1. The van der Waals surface area contributed by atoms with Gasteiger partial charge in [-0.2, -0.15) is 0 Å². The molecule has 0 aliphatic heterocycles. The number of carbonyl (C=O) groups excluding carboxylic acids is 1. The van der Waals surface area contributed by atoms with Gasteiger partial charge in [0, 0.05) is 24.7 Å². The molecule has 8 heteroatoms. The lowest BCUT2D eigenvalue weighted by Crippen LogP contribution is -2.34. The van der Waals surface area contributed by atoms with Crippen LogP contribution < -0.4 is 16.6 Å². The van der Waals surface area contributed by atoms with Gasteiger partial charge < -0.3 is 5.32 Å². The number of fused-ring (bicyclic) bond motifs is 1. The van der Waals surface area contributed by atoms with Crippen LogP contribution in [0.4, 0.5) is 4.39 Å². The number of hydrogen-bond acceptors (Lipinski definition) is 4. The van der Waals surface area contributed by atoms with Gasteiger partial charge in [-0.1, -0.05) is 19.1 Å². The number of pyridine rings is 1. The molecule has 1 saturated carbocycles. The highest BCUT2D eigenvalue weighted by Crippen LogP contribution is 2.39. The van der Waals surface area contributed by atoms with Crippen LogP contribution in [0.3, 0.4) is 0 Å². The van der Waals surface area contributed by atoms with Gasteiger partial charge in [-0.15, -0.1) is 0 Å². The Morgan fingerprint density at radius 1 is 1.30 bits per heavy atom. The molecule has 2 heterocycles. The maximum atomic E-state index is 13.3. The van der Waals surface area contributed by atoms with E-state index in [-0.39, 0.29) is 34.9 Å². The molecular weight excluding hydrogens is 387 g/mol. The standard InChI is InChI=1S/C22H23FN4O3/c1-2-10-27-19-18(21(29)26-22(27)30)16(12-17(25-19)14-6-7-14)20(28)24-9-8-13-4-3-5-15(23)11-13/h3-5,11-12,14H,2,6-10H2,1H3,(H,24,28)(H,26,29,30). The van der Waals surface area contributed by atoms with Crippen LogP contribution in [0.2, 0.25) is 0 Å². The van der Waals surface area contributed by atoms with Gasteiger partial charge >= 0.3 is 5.69 Å². The quantitative estimate of drug-likeness (QED) is 0.625. The van der Waals surface area contributed by atoms with Crippen molar-refractivity contribution >= 4 is 16.9 Å². The fraction of sp³-hybridized carbons (Fsp3) is 0.364. The summed E-state index contributed by atoms with van der Waals surface area (Å²) >= 11 is 0. The Morgan fingerprint density at radius 3 is 2.80 bits per heavy atom. The maximum absolute atomic E-state index is 13.3. The summed E-state index contributed by atoms with van der Waals surface area (Å²) in [6, 6.07) is 7.86. The number of nitrogens with zero attached hydrogens (tertiary/aromatic N) is 2. The van der Waals surface area contributed by atoms with Crippen molar-refractivity contribution in [2.45, 2.75) is 45.1 Å². The van der Waals surface area contributed by atoms with E-state index in [4.69, 9.17) is 0 Å². The highest BCUT2D eigenvalue weighted by molar-refractivity contribution is 6.05. The zero-order valence-corrected chi connectivity index (χ0v) is 16.7. The molecule has 1 fully saturated rings. The average molecular weight is 410 g/mol. The van der Waals surface area contributed by atoms with Crippen LogP contribution in [0.5, 0.6) is 0 Å². The predicted octanol–water partition coefficient (Wildman–Crippen LogP) is 2.48. The van der Waals surface area contributed by atoms with Crippen LogP contribution >= 0.6 is 0 Å². The van der Waals surface area contributed by atoms with Gasteiger partial charge in [0.05, 0.1) is 10.9 Å². The minimum Gasteiger partial charge on any atom is -0.352 e. The highest BCUT2D eigenvalue weighted by Gasteiger charge is 2.28. The van der Waals surface area contributed by atoms with Crippen molar-refractivity contribution in [3.05, 3.63) is 73.8 Å². The van der Waals surface area contributed by atoms with Crippen molar-refractivity contribution < 1.29 is 9.18 Å². The number of benzene rings is 1. The molecule has 0 saturated heterocycles. The fourth-order valence-corrected chi connectivity index (χ4v) is 3.60. The Labute approximate surface area is 172 Å². The molecule has 30 heavy (non-hydrogen) atoms. The molecule has 0 atom stereocenters. The Morgan fingerprint density at radius 2 is 2.10 bits per heavy atom. The first-order valence-corrected chi connectivity index (χ1v) is 10.2. The van der Waals surface area contributed by atoms with Gasteiger partial charge in [0.25, 0.3) is 11.5 Å². The van der Waals surface area contributed by atoms with Gasteiger partial charge in [0.15, 0.2) is 5.65 Å². The fourth-order valence-electron chi connectivity index (χ4n) is 3.60. The van der Waals surface area contributed by atoms with Gasteiger partial charge in [0.1, 0.15) is 5.82 Å². The molecule has 1 amide bonds. The number of hydrogen-bond donors (Lipinski definition) is 2. The topological polar surface area (TPSA) is 96.9 Å². The van der Waals surface area contributed by atoms with Crippen LogP contribution in [0, 0.1) is 5.82 Å². The largest absolute Gasteiger partial charge is 0.352 e. The van der Waals surface area contributed by atoms with Gasteiger partial charge in [-0.3, -0.25) is 19.1 Å². The Bertz CT molecular complexity index is 1230. The third-order valence-electron chi connectivity index (χ3n) is 5.24. The van der Waals surface area contributed by atoms with E-state index in [1.165, 1.54) is 16.7 Å². The second-order valence-corrected chi connectivity index (χ2v) is 7.61. The molecule has 1 aliphatic rings. The summed E-state index contributed by atoms with van der Waals surface area (Å²) in [6.45, 7) is 2.61. The van der Waals surface area contributed by atoms with Crippen LogP contribution in [0.1, 0.15) is 53.7 Å². The maximum Gasteiger partial charge on any atom is 0.329 e. The summed E-state index contributed by atoms with van der Waals surface area (Å²) < 4.78 is 14.8. The monoisotopic (exact) mass is 410 g/mol. The lowest BCUT2D eigenvalue weighted by atomic mass is 10.1. The number of rotatable bonds is 7. The highest BCUT2D eigenvalue weighted by atomic mass is 19.1. The minimum atomic E-state index is -0.618. The molecule has 3 aromatic rings. The Hall–Kier alpha value is -3.29. The molecule has 7 nitrogen and oxygen atoms in total. The number of nitrogens with one attached hydrogen (secondary N) is 2. The van der Waals surface area contributed by atoms with E-state index >= 15 is 0 Å². The lowest BCUT2D eigenvalue weighted by molar-refractivity contribution is 0.0955. The smallest absolute Gasteiger partial charge is 0.329 e. The summed E-state index contributed by atoms with van der Waals surface area (Å²) in [7, 11) is 0. The van der Waals surface area contributed by atoms with E-state index in [0.29, 0.717) is 19.4 Å². The minimum absolute atomic E-state index is 0.121. The van der Waals surface area contributed by atoms with Crippen molar-refractivity contribution in [1.82, 2.24) is 19.9 Å². The third kappa shape index (κ3) is 4.03. The Balaban J connectivity index is 1.70. The summed E-state index contributed by atoms with van der Waals surface area (Å²) in [5, 5.41) is 2.93. The number of carbonyl (C=O) groups is 1. The average Bonchev–Trinajstić information content (AvgIpc) is 3.55. The molecular formula is C22H23FN4O3. The van der Waals surface area contributed by atoms with E-state index in [9.17, 15) is 18.8 Å². The van der Waals surface area contributed by atoms with Crippen molar-refractivity contribution in [1.29, 1.82) is 0 Å². The number of amides is 1. The number of H-pyrrole nitrogens is 1. The first-order chi connectivity index (χ1) is 14.5. The number of aryl methyl sites for hydroxylation is 1. The summed E-state index contributed by atoms with van der Waals surface area (Å²) in [4.78, 5) is 44.7. The third-order valence-corrected chi connectivity index (χ3v) is 5.24. The SMILES string of the molecule is CCCn1c(=O)[nH]c(=O)c2c(C(=O)NCCc3cccc(F)c3)cc(C3CC3)nc21. The molecule has 2 N–H and O–H groups in total. The van der Waals surface area contributed by atoms with Crippen LogP contribution in [0.25, 0.3) is 11.0 Å². The summed E-state index contributed by atoms with van der Waals surface area (Å²) in [6.07, 6.45) is 3.09. The second kappa shape index (κ2) is 8.22. The van der Waals surface area contributed by atoms with Crippen LogP contribution in [-0.4, -0.2) is 27.0 Å². The molecule has 0 unspecified atom stereocenters. The molecule has 4 rings (SSSR count). The number of aromatic amines is 1. The summed E-state index contributed by atoms with van der Waals surface area (Å²) in [5.41, 5.74) is 0.827. The van der Waals surface area contributed by atoms with E-state index in [2.05, 4.69) is 15.3 Å². The van der Waals surface area contributed by atoms with E-state index in [1.54, 1.807) is 18.2 Å². The first-order valence-electron chi connectivity index (χ1n) is 10.2. The molecule has 1 aliphatic carbocycles. The predicted molar refractivity (Wildman–Crippen MR) is 111 cm³/mol. The van der Waals surface area contributed by atoms with Crippen molar-refractivity contribution in [2.24, 2.45) is 0 Å². The molecule has 156 valence electrons. The zero-order valence-electron chi connectivity index (χ0n) is 16.7. The van der Waals surface area contributed by atoms with Crippen molar-refractivity contribution in [2.75, 3.05) is 6.54 Å². The molecule has 1 aromatic carbocycles. The lowest BCUT2D eigenvalue weighted by Gasteiger charge is -2.13. The van der Waals surface area contributed by atoms with Crippen molar-refractivity contribution in [3.8, 4) is 0 Å². The van der Waals surface area contributed by atoms with Gasteiger partial charge in [0.2, 0.25) is 0 Å². The van der Waals surface area contributed by atoms with Crippen molar-refractivity contribution in [3.63, 3.8) is 0 Å². The van der Waals surface area contributed by atoms with Gasteiger partial charge in [-0.25, -0.2) is 14.2 Å². The number of aromatic nitrogens is 3. The molecule has 0 bridgehead atoms. The van der Waals surface area contributed by atoms with E-state index in [1.807, 2.05) is 6.92 Å². The van der Waals surface area contributed by atoms with E-state index in [0.717, 1.165) is 24.1 Å². The van der Waals surface area contributed by atoms with E-state index < -0.39 is 17.2 Å². The molecule has 0 radical (unpaired) electrons. The summed E-state index contributed by atoms with van der Waals surface area (Å²) in [5.74, 6) is -0.487. The second-order valence-electron chi connectivity index (χ2n) is 7.61. The van der Waals surface area contributed by atoms with Crippen LogP contribution in [-0.2, 0) is 13.0 Å². The normalized spacial score (nSPS) is 13.5. The molecule has 0 spiro atoms. The molecule has 2 aromatic heterocycles. The van der Waals surface area contributed by atoms with Crippen LogP contribution in [0.15, 0.2) is 39.9 Å². The Kier molecular flexibility index (Phi) is 5.48. The zero-order chi connectivity index (χ0) is 21.3. The van der Waals surface area contributed by atoms with Gasteiger partial charge in [-0.05, 0) is 49.4 Å². The first kappa shape index (κ1) is 20.0.